The molecule has 0 radical (unpaired) electrons. The molecule has 0 saturated carbocycles. The smallest absolute Gasteiger partial charge is 0.406 e. The van der Waals surface area contributed by atoms with E-state index in [0.29, 0.717) is 57.5 Å². The fourth-order valence-corrected chi connectivity index (χ4v) is 10.3. The zero-order valence-electron chi connectivity index (χ0n) is 31.9. The third kappa shape index (κ3) is 13.0. The highest BCUT2D eigenvalue weighted by molar-refractivity contribution is 7.93. The number of nitrogens with one attached hydrogen (secondary N) is 2. The summed E-state index contributed by atoms with van der Waals surface area (Å²) in [6, 6.07) is 6.07. The van der Waals surface area contributed by atoms with Crippen molar-refractivity contribution in [2.24, 2.45) is 0 Å². The molecule has 2 aromatic heterocycles. The van der Waals surface area contributed by atoms with E-state index in [0.717, 1.165) is 29.5 Å². The number of rotatable bonds is 11. The molecule has 26 heteroatoms. The number of hydrogen-bond acceptors (Lipinski definition) is 11. The highest BCUT2D eigenvalue weighted by Crippen LogP contribution is 2.40. The van der Waals surface area contributed by atoms with Crippen LogP contribution < -0.4 is 14.2 Å². The highest BCUT2D eigenvalue weighted by Gasteiger charge is 2.41. The number of ether oxygens (including phenoxy) is 3. The molecule has 0 spiro atoms. The molecule has 13 nitrogen and oxygen atoms in total. The average molecular weight is 967 g/mol. The standard InChI is InChI=1S/C18H16F6N2O4S2.C18H19F3N2O5S2/c19-17(20,21)11-1-2-15(12(9-11)18(22,23)24)32(28,29)25-13-3-8-31-14(13)10-16(27)26-4-6-30-7-5-26;1-12-10-13(28-18(19,20)21)2-3-16(12)30(25,26)22-14-4-9-29-15(14)11-17(24)23-5-7-27-8-6-23/h1-3,8-9,25H,4-7,10H2;2-4,9-10,22H,5-8,11H2,1H3. The SMILES string of the molecule is Cc1cc(OC(F)(F)F)ccc1S(=O)(=O)Nc1ccsc1CC(=O)N1CCOCC1.O=C(Cc1sccc1NS(=O)(=O)c1ccc(C(F)(F)F)cc1C(F)(F)F)N1CCOCC1. The predicted molar refractivity (Wildman–Crippen MR) is 207 cm³/mol. The van der Waals surface area contributed by atoms with Crippen molar-refractivity contribution >= 4 is 65.9 Å². The quantitative estimate of drug-likeness (QED) is 0.149. The number of carbonyl (C=O) groups is 2. The number of carbonyl (C=O) groups excluding carboxylic acids is 2. The zero-order valence-corrected chi connectivity index (χ0v) is 35.2. The fraction of sp³-hybridized carbons (Fsp3) is 0.389. The lowest BCUT2D eigenvalue weighted by Gasteiger charge is -2.26. The monoisotopic (exact) mass is 966 g/mol. The minimum absolute atomic E-state index is 0.0346. The summed E-state index contributed by atoms with van der Waals surface area (Å²) in [5, 5.41) is 3.10. The Labute approximate surface area is 356 Å². The molecule has 2 aliphatic heterocycles. The second-order valence-corrected chi connectivity index (χ2v) is 18.6. The molecular formula is C36H35F9N4O9S4. The third-order valence-electron chi connectivity index (χ3n) is 8.90. The van der Waals surface area contributed by atoms with Gasteiger partial charge in [-0.25, -0.2) is 16.8 Å². The van der Waals surface area contributed by atoms with Crippen LogP contribution in [-0.4, -0.2) is 97.4 Å². The van der Waals surface area contributed by atoms with Crippen molar-refractivity contribution < 1.29 is 80.1 Å². The summed E-state index contributed by atoms with van der Waals surface area (Å²) in [7, 11) is -9.00. The van der Waals surface area contributed by atoms with Gasteiger partial charge in [0.15, 0.2) is 0 Å². The van der Waals surface area contributed by atoms with Gasteiger partial charge in [0.25, 0.3) is 20.0 Å². The van der Waals surface area contributed by atoms with Crippen LogP contribution in [0.15, 0.2) is 69.1 Å². The van der Waals surface area contributed by atoms with E-state index in [2.05, 4.69) is 9.46 Å². The van der Waals surface area contributed by atoms with E-state index in [1.165, 1.54) is 34.6 Å². The van der Waals surface area contributed by atoms with Gasteiger partial charge in [-0.2, -0.15) is 26.3 Å². The highest BCUT2D eigenvalue weighted by atomic mass is 32.2. The van der Waals surface area contributed by atoms with Crippen LogP contribution in [0.2, 0.25) is 0 Å². The third-order valence-corrected chi connectivity index (χ3v) is 13.7. The first-order valence-electron chi connectivity index (χ1n) is 17.9. The van der Waals surface area contributed by atoms with E-state index < -0.39 is 60.5 Å². The number of halogens is 9. The Morgan fingerprint density at radius 3 is 1.53 bits per heavy atom. The van der Waals surface area contributed by atoms with E-state index in [4.69, 9.17) is 9.47 Å². The van der Waals surface area contributed by atoms with Crippen LogP contribution in [0.4, 0.5) is 50.9 Å². The number of amides is 2. The summed E-state index contributed by atoms with van der Waals surface area (Å²) in [5.41, 5.74) is -3.34. The number of thiophene rings is 2. The molecule has 0 atom stereocenters. The molecule has 2 saturated heterocycles. The number of sulfonamides is 2. The van der Waals surface area contributed by atoms with Gasteiger partial charge < -0.3 is 24.0 Å². The summed E-state index contributed by atoms with van der Waals surface area (Å²) in [6.45, 7) is 4.67. The number of alkyl halides is 9. The normalized spacial score (nSPS) is 15.4. The molecule has 6 rings (SSSR count). The van der Waals surface area contributed by atoms with Crippen molar-refractivity contribution in [2.75, 3.05) is 62.1 Å². The van der Waals surface area contributed by atoms with Crippen molar-refractivity contribution in [3.8, 4) is 5.75 Å². The predicted octanol–water partition coefficient (Wildman–Crippen LogP) is 7.15. The first-order chi connectivity index (χ1) is 28.8. The Balaban J connectivity index is 0.000000235. The van der Waals surface area contributed by atoms with E-state index in [1.807, 2.05) is 4.72 Å². The Kier molecular flexibility index (Phi) is 15.1. The van der Waals surface area contributed by atoms with Crippen LogP contribution >= 0.6 is 22.7 Å². The maximum atomic E-state index is 13.4. The Morgan fingerprint density at radius 1 is 0.661 bits per heavy atom. The summed E-state index contributed by atoms with van der Waals surface area (Å²) in [6.07, 6.45) is -15.5. The number of hydrogen-bond donors (Lipinski definition) is 2. The largest absolute Gasteiger partial charge is 0.573 e. The van der Waals surface area contributed by atoms with Gasteiger partial charge in [-0.1, -0.05) is 0 Å². The topological polar surface area (TPSA) is 161 Å². The lowest BCUT2D eigenvalue weighted by atomic mass is 10.1. The van der Waals surface area contributed by atoms with Crippen LogP contribution in [0.1, 0.15) is 26.4 Å². The zero-order chi connectivity index (χ0) is 45.7. The fourth-order valence-electron chi connectivity index (χ4n) is 5.94. The molecule has 340 valence electrons. The Morgan fingerprint density at radius 2 is 1.11 bits per heavy atom. The summed E-state index contributed by atoms with van der Waals surface area (Å²) < 4.78 is 185. The number of morpholine rings is 2. The maximum absolute atomic E-state index is 13.4. The molecule has 2 amide bonds. The molecule has 0 unspecified atom stereocenters. The Hall–Kier alpha value is -4.63. The molecule has 4 heterocycles. The number of anilines is 2. The first-order valence-corrected chi connectivity index (χ1v) is 22.6. The molecule has 2 aliphatic rings. The minimum Gasteiger partial charge on any atom is -0.406 e. The minimum atomic E-state index is -5.35. The lowest BCUT2D eigenvalue weighted by molar-refractivity contribution is -0.274. The number of benzene rings is 2. The van der Waals surface area contributed by atoms with Crippen LogP contribution in [-0.2, 0) is 64.3 Å². The van der Waals surface area contributed by atoms with Crippen molar-refractivity contribution in [2.45, 2.75) is 48.3 Å². The number of aryl methyl sites for hydroxylation is 1. The van der Waals surface area contributed by atoms with Gasteiger partial charge in [0.1, 0.15) is 5.75 Å². The van der Waals surface area contributed by atoms with Crippen LogP contribution in [0.5, 0.6) is 5.75 Å². The van der Waals surface area contributed by atoms with Gasteiger partial charge in [-0.05, 0) is 71.8 Å². The second kappa shape index (κ2) is 19.4. The molecular weight excluding hydrogens is 932 g/mol. The van der Waals surface area contributed by atoms with Crippen LogP contribution in [0.3, 0.4) is 0 Å². The molecule has 2 fully saturated rings. The van der Waals surface area contributed by atoms with E-state index in [9.17, 15) is 65.9 Å². The van der Waals surface area contributed by atoms with Crippen molar-refractivity contribution in [3.63, 3.8) is 0 Å². The molecule has 62 heavy (non-hydrogen) atoms. The summed E-state index contributed by atoms with van der Waals surface area (Å²) in [5.74, 6) is -0.959. The summed E-state index contributed by atoms with van der Waals surface area (Å²) in [4.78, 5) is 27.3. The van der Waals surface area contributed by atoms with Gasteiger partial charge in [0.2, 0.25) is 11.8 Å². The van der Waals surface area contributed by atoms with Gasteiger partial charge >= 0.3 is 18.7 Å². The molecule has 2 N–H and O–H groups in total. The number of nitrogens with zero attached hydrogens (tertiary/aromatic N) is 2. The van der Waals surface area contributed by atoms with Crippen molar-refractivity contribution in [3.05, 3.63) is 85.7 Å². The van der Waals surface area contributed by atoms with Gasteiger partial charge in [-0.3, -0.25) is 19.0 Å². The van der Waals surface area contributed by atoms with E-state index >= 15 is 0 Å². The van der Waals surface area contributed by atoms with Gasteiger partial charge in [-0.15, -0.1) is 35.8 Å². The van der Waals surface area contributed by atoms with Crippen LogP contribution in [0, 0.1) is 6.92 Å². The molecule has 0 aliphatic carbocycles. The van der Waals surface area contributed by atoms with Gasteiger partial charge in [0, 0.05) is 35.9 Å². The molecule has 4 aromatic rings. The first kappa shape index (κ1) is 48.4. The second-order valence-electron chi connectivity index (χ2n) is 13.2. The van der Waals surface area contributed by atoms with Gasteiger partial charge in [0.05, 0.1) is 71.6 Å². The average Bonchev–Trinajstić information content (AvgIpc) is 3.81. The maximum Gasteiger partial charge on any atom is 0.573 e. The van der Waals surface area contributed by atoms with Crippen LogP contribution in [0.25, 0.3) is 0 Å². The Bertz CT molecular complexity index is 2440. The van der Waals surface area contributed by atoms with E-state index in [1.54, 1.807) is 16.3 Å². The van der Waals surface area contributed by atoms with E-state index in [-0.39, 0.29) is 69.6 Å². The molecule has 0 bridgehead atoms. The molecule has 2 aromatic carbocycles. The summed E-state index contributed by atoms with van der Waals surface area (Å²) >= 11 is 2.26. The lowest BCUT2D eigenvalue weighted by Crippen LogP contribution is -2.41. The van der Waals surface area contributed by atoms with Crippen molar-refractivity contribution in [1.29, 1.82) is 0 Å². The van der Waals surface area contributed by atoms with Crippen molar-refractivity contribution in [1.82, 2.24) is 9.80 Å².